The zero-order valence-electron chi connectivity index (χ0n) is 22.3. The lowest BCUT2D eigenvalue weighted by atomic mass is 10.0. The first-order valence-corrected chi connectivity index (χ1v) is 13.8. The largest absolute Gasteiger partial charge is 0.493 e. The van der Waals surface area contributed by atoms with E-state index in [9.17, 15) is 22.8 Å². The first kappa shape index (κ1) is 29.3. The predicted molar refractivity (Wildman–Crippen MR) is 145 cm³/mol. The second-order valence-electron chi connectivity index (χ2n) is 9.34. The molecular weight excluding hydrogens is 545 g/mol. The van der Waals surface area contributed by atoms with Gasteiger partial charge in [-0.3, -0.25) is 9.59 Å². The van der Waals surface area contributed by atoms with Crippen molar-refractivity contribution in [3.05, 3.63) is 75.5 Å². The predicted octanol–water partition coefficient (Wildman–Crippen LogP) is 5.72. The van der Waals surface area contributed by atoms with E-state index in [1.54, 1.807) is 23.5 Å². The SMILES string of the molecule is COc1cc(CN(C(=O)c2ccccc2C(F)(F)F)[C@H]2CCCCNC2=O)cc(OC)c1OCCc1ccsc1. The Hall–Kier alpha value is -3.73. The van der Waals surface area contributed by atoms with Crippen molar-refractivity contribution in [2.24, 2.45) is 0 Å². The molecule has 1 fully saturated rings. The number of nitrogens with zero attached hydrogens (tertiary/aromatic N) is 1. The molecule has 2 amide bonds. The number of hydrogen-bond acceptors (Lipinski definition) is 6. The summed E-state index contributed by atoms with van der Waals surface area (Å²) >= 11 is 1.60. The van der Waals surface area contributed by atoms with Gasteiger partial charge in [-0.15, -0.1) is 0 Å². The van der Waals surface area contributed by atoms with Crippen LogP contribution in [-0.4, -0.2) is 50.1 Å². The summed E-state index contributed by atoms with van der Waals surface area (Å²) < 4.78 is 58.6. The van der Waals surface area contributed by atoms with Gasteiger partial charge in [0.1, 0.15) is 6.04 Å². The summed E-state index contributed by atoms with van der Waals surface area (Å²) in [6.45, 7) is 0.657. The highest BCUT2D eigenvalue weighted by Crippen LogP contribution is 2.40. The Morgan fingerprint density at radius 1 is 1.07 bits per heavy atom. The van der Waals surface area contributed by atoms with Crippen LogP contribution in [0.5, 0.6) is 17.2 Å². The van der Waals surface area contributed by atoms with Crippen molar-refractivity contribution in [2.75, 3.05) is 27.4 Å². The van der Waals surface area contributed by atoms with Crippen molar-refractivity contribution in [1.82, 2.24) is 10.2 Å². The van der Waals surface area contributed by atoms with E-state index in [1.807, 2.05) is 16.8 Å². The van der Waals surface area contributed by atoms with E-state index >= 15 is 0 Å². The summed E-state index contributed by atoms with van der Waals surface area (Å²) in [6.07, 6.45) is -2.39. The second kappa shape index (κ2) is 13.1. The number of thiophene rings is 1. The van der Waals surface area contributed by atoms with Crippen LogP contribution >= 0.6 is 11.3 Å². The summed E-state index contributed by atoms with van der Waals surface area (Å²) in [4.78, 5) is 28.0. The minimum Gasteiger partial charge on any atom is -0.493 e. The lowest BCUT2D eigenvalue weighted by molar-refractivity contribution is -0.138. The third-order valence-electron chi connectivity index (χ3n) is 6.70. The number of benzene rings is 2. The van der Waals surface area contributed by atoms with Crippen molar-refractivity contribution in [3.8, 4) is 17.2 Å². The van der Waals surface area contributed by atoms with Gasteiger partial charge in [-0.05, 0) is 71.5 Å². The van der Waals surface area contributed by atoms with Crippen LogP contribution in [0.25, 0.3) is 0 Å². The summed E-state index contributed by atoms with van der Waals surface area (Å²) in [5.41, 5.74) is 0.0752. The number of carbonyl (C=O) groups excluding carboxylic acids is 2. The fourth-order valence-electron chi connectivity index (χ4n) is 4.69. The molecule has 0 unspecified atom stereocenters. The highest BCUT2D eigenvalue weighted by molar-refractivity contribution is 7.07. The molecule has 11 heteroatoms. The number of amides is 2. The van der Waals surface area contributed by atoms with Gasteiger partial charge in [0.25, 0.3) is 5.91 Å². The highest BCUT2D eigenvalue weighted by atomic mass is 32.1. The molecule has 2 heterocycles. The van der Waals surface area contributed by atoms with Crippen LogP contribution in [0.2, 0.25) is 0 Å². The van der Waals surface area contributed by atoms with Crippen LogP contribution in [0, 0.1) is 0 Å². The maximum absolute atomic E-state index is 13.8. The Labute approximate surface area is 234 Å². The lowest BCUT2D eigenvalue weighted by Crippen LogP contribution is -2.48. The van der Waals surface area contributed by atoms with Gasteiger partial charge in [0.05, 0.1) is 32.0 Å². The molecule has 0 spiro atoms. The normalized spacial score (nSPS) is 15.6. The van der Waals surface area contributed by atoms with Gasteiger partial charge in [-0.1, -0.05) is 12.1 Å². The van der Waals surface area contributed by atoms with Gasteiger partial charge < -0.3 is 24.4 Å². The van der Waals surface area contributed by atoms with Gasteiger partial charge in [0.15, 0.2) is 11.5 Å². The molecule has 0 bridgehead atoms. The number of alkyl halides is 3. The third-order valence-corrected chi connectivity index (χ3v) is 7.43. The monoisotopic (exact) mass is 576 g/mol. The number of methoxy groups -OCH3 is 2. The van der Waals surface area contributed by atoms with E-state index in [4.69, 9.17) is 14.2 Å². The maximum Gasteiger partial charge on any atom is 0.417 e. The molecule has 1 atom stereocenters. The van der Waals surface area contributed by atoms with Crippen LogP contribution in [0.4, 0.5) is 13.2 Å². The van der Waals surface area contributed by atoms with E-state index in [0.29, 0.717) is 61.6 Å². The summed E-state index contributed by atoms with van der Waals surface area (Å²) in [7, 11) is 2.93. The van der Waals surface area contributed by atoms with Crippen LogP contribution in [0.3, 0.4) is 0 Å². The van der Waals surface area contributed by atoms with E-state index < -0.39 is 35.2 Å². The number of rotatable bonds is 10. The Morgan fingerprint density at radius 3 is 2.45 bits per heavy atom. The summed E-state index contributed by atoms with van der Waals surface area (Å²) in [5.74, 6) is -0.232. The van der Waals surface area contributed by atoms with Crippen LogP contribution < -0.4 is 19.5 Å². The number of carbonyl (C=O) groups is 2. The molecule has 7 nitrogen and oxygen atoms in total. The Morgan fingerprint density at radius 2 is 1.80 bits per heavy atom. The number of nitrogens with one attached hydrogen (secondary N) is 1. The standard InChI is InChI=1S/C29H31F3N2O5S/c1-37-24-15-20(16-25(38-2)26(24)39-13-10-19-11-14-40-18-19)17-34(23-9-5-6-12-33-27(23)35)28(36)21-7-3-4-8-22(21)29(30,31)32/h3-4,7-8,11,14-16,18,23H,5-6,9-10,12-13,17H2,1-2H3,(H,33,35)/t23-/m0/s1. The van der Waals surface area contributed by atoms with Gasteiger partial charge in [-0.2, -0.15) is 24.5 Å². The third kappa shape index (κ3) is 6.88. The Bertz CT molecular complexity index is 1290. The molecule has 4 rings (SSSR count). The average molecular weight is 577 g/mol. The molecule has 1 N–H and O–H groups in total. The number of hydrogen-bond donors (Lipinski definition) is 1. The maximum atomic E-state index is 13.8. The fourth-order valence-corrected chi connectivity index (χ4v) is 5.39. The first-order chi connectivity index (χ1) is 19.2. The van der Waals surface area contributed by atoms with Crippen LogP contribution in [-0.2, 0) is 23.9 Å². The minimum atomic E-state index is -4.74. The van der Waals surface area contributed by atoms with Gasteiger partial charge in [0, 0.05) is 19.5 Å². The molecule has 1 saturated heterocycles. The molecule has 214 valence electrons. The summed E-state index contributed by atoms with van der Waals surface area (Å²) in [6, 6.07) is 8.97. The van der Waals surface area contributed by atoms with Crippen molar-refractivity contribution < 1.29 is 37.0 Å². The van der Waals surface area contributed by atoms with E-state index in [1.165, 1.54) is 31.3 Å². The number of halogens is 3. The Kier molecular flexibility index (Phi) is 9.57. The topological polar surface area (TPSA) is 77.1 Å². The summed E-state index contributed by atoms with van der Waals surface area (Å²) in [5, 5.41) is 6.80. The van der Waals surface area contributed by atoms with E-state index in [0.717, 1.165) is 17.7 Å². The van der Waals surface area contributed by atoms with E-state index in [2.05, 4.69) is 5.32 Å². The zero-order valence-corrected chi connectivity index (χ0v) is 23.1. The van der Waals surface area contributed by atoms with Gasteiger partial charge in [-0.25, -0.2) is 0 Å². The van der Waals surface area contributed by atoms with Crippen LogP contribution in [0.1, 0.15) is 46.3 Å². The quantitative estimate of drug-likeness (QED) is 0.334. The van der Waals surface area contributed by atoms with Gasteiger partial charge >= 0.3 is 6.18 Å². The first-order valence-electron chi connectivity index (χ1n) is 12.9. The molecule has 0 saturated carbocycles. The lowest BCUT2D eigenvalue weighted by Gasteiger charge is -2.31. The molecular formula is C29H31F3N2O5S. The van der Waals surface area contributed by atoms with Crippen molar-refractivity contribution in [3.63, 3.8) is 0 Å². The average Bonchev–Trinajstić information content (AvgIpc) is 3.37. The zero-order chi connectivity index (χ0) is 28.7. The number of ether oxygens (including phenoxy) is 3. The minimum absolute atomic E-state index is 0.148. The van der Waals surface area contributed by atoms with Crippen molar-refractivity contribution >= 4 is 23.2 Å². The van der Waals surface area contributed by atoms with Crippen molar-refractivity contribution in [2.45, 2.75) is 44.4 Å². The van der Waals surface area contributed by atoms with Gasteiger partial charge in [0.2, 0.25) is 11.7 Å². The highest BCUT2D eigenvalue weighted by Gasteiger charge is 2.38. The second-order valence-corrected chi connectivity index (χ2v) is 10.1. The van der Waals surface area contributed by atoms with Crippen molar-refractivity contribution in [1.29, 1.82) is 0 Å². The Balaban J connectivity index is 1.68. The molecule has 1 aliphatic rings. The molecule has 1 aliphatic heterocycles. The molecule has 0 radical (unpaired) electrons. The van der Waals surface area contributed by atoms with E-state index in [-0.39, 0.29) is 6.54 Å². The smallest absolute Gasteiger partial charge is 0.417 e. The molecule has 3 aromatic rings. The molecule has 0 aliphatic carbocycles. The molecule has 2 aromatic carbocycles. The molecule has 40 heavy (non-hydrogen) atoms. The fraction of sp³-hybridized carbons (Fsp3) is 0.379. The molecule has 1 aromatic heterocycles. The van der Waals surface area contributed by atoms with Crippen LogP contribution in [0.15, 0.2) is 53.2 Å².